The lowest BCUT2D eigenvalue weighted by molar-refractivity contribution is -0.150. The van der Waals surface area contributed by atoms with Crippen LogP contribution in [0.5, 0.6) is 0 Å². The van der Waals surface area contributed by atoms with Gasteiger partial charge in [-0.15, -0.1) is 16.7 Å². The van der Waals surface area contributed by atoms with Crippen molar-refractivity contribution in [3.05, 3.63) is 33.7 Å². The Hall–Kier alpha value is -3.37. The fourth-order valence-electron chi connectivity index (χ4n) is 4.03. The molecule has 186 valence electrons. The van der Waals surface area contributed by atoms with Gasteiger partial charge in [-0.25, -0.2) is 9.78 Å². The summed E-state index contributed by atoms with van der Waals surface area (Å²) in [4.78, 5) is 67.9. The summed E-state index contributed by atoms with van der Waals surface area (Å²) in [5.74, 6) is -2.96. The Morgan fingerprint density at radius 3 is 2.80 bits per heavy atom. The number of anilines is 1. The number of aliphatic carboxylic acids is 1. The molecule has 3 amide bonds. The third-order valence-corrected chi connectivity index (χ3v) is 7.61. The number of nitrogens with zero attached hydrogens (tertiary/aromatic N) is 5. The average Bonchev–Trinajstić information content (AvgIpc) is 3.41. The Morgan fingerprint density at radius 2 is 2.17 bits per heavy atom. The summed E-state index contributed by atoms with van der Waals surface area (Å²) >= 11 is 2.04. The lowest BCUT2D eigenvalue weighted by Crippen LogP contribution is -2.70. The van der Waals surface area contributed by atoms with Crippen molar-refractivity contribution in [3.8, 4) is 0 Å². The summed E-state index contributed by atoms with van der Waals surface area (Å²) < 4.78 is 3.81. The van der Waals surface area contributed by atoms with Crippen LogP contribution in [0.25, 0.3) is 0 Å². The monoisotopic (exact) mass is 522 g/mol. The number of β-lactam (4-membered cyclic amide) rings is 1. The van der Waals surface area contributed by atoms with Crippen molar-refractivity contribution in [2.24, 2.45) is 5.18 Å². The second kappa shape index (κ2) is 10.1. The first-order valence-electron chi connectivity index (χ1n) is 10.5. The number of hydrogen-bond donors (Lipinski definition) is 4. The van der Waals surface area contributed by atoms with Gasteiger partial charge < -0.3 is 26.4 Å². The second-order valence-electron chi connectivity index (χ2n) is 7.89. The van der Waals surface area contributed by atoms with E-state index < -0.39 is 35.2 Å². The number of aromatic nitrogens is 2. The number of carboxylic acid groups (broad SMARTS) is 1. The number of rotatable bonds is 9. The molecule has 3 atom stereocenters. The van der Waals surface area contributed by atoms with E-state index in [1.807, 2.05) is 0 Å². The van der Waals surface area contributed by atoms with Gasteiger partial charge in [0.15, 0.2) is 11.0 Å². The summed E-state index contributed by atoms with van der Waals surface area (Å²) in [6, 6.07) is -2.64. The highest BCUT2D eigenvalue weighted by Gasteiger charge is 2.54. The maximum atomic E-state index is 12.9. The van der Waals surface area contributed by atoms with Crippen molar-refractivity contribution in [2.45, 2.75) is 23.9 Å². The molecule has 0 saturated carbocycles. The fourth-order valence-corrected chi connectivity index (χ4v) is 5.80. The molecule has 1 aromatic rings. The third-order valence-electron chi connectivity index (χ3n) is 5.75. The highest BCUT2D eigenvalue weighted by Crippen LogP contribution is 2.41. The summed E-state index contributed by atoms with van der Waals surface area (Å²) in [7, 11) is 1.79. The van der Waals surface area contributed by atoms with Crippen LogP contribution in [0.15, 0.2) is 28.1 Å². The van der Waals surface area contributed by atoms with Gasteiger partial charge in [-0.1, -0.05) is 0 Å². The SMILES string of the molecule is CNCCN1CCC(=CC2=C(C(=O)O)N3C(=O)C(NC(=O)C(N=O)c4nsc(N)n4)C3SC2)C1=O. The van der Waals surface area contributed by atoms with Gasteiger partial charge in [-0.05, 0) is 30.3 Å². The summed E-state index contributed by atoms with van der Waals surface area (Å²) in [5.41, 5.74) is 6.10. The first kappa shape index (κ1) is 24.7. The number of nitrogen functional groups attached to an aromatic ring is 1. The van der Waals surface area contributed by atoms with E-state index in [0.717, 1.165) is 16.4 Å². The van der Waals surface area contributed by atoms with Crippen LogP contribution in [0.1, 0.15) is 18.3 Å². The van der Waals surface area contributed by atoms with E-state index in [-0.39, 0.29) is 28.3 Å². The number of carboxylic acids is 1. The number of carbonyl (C=O) groups is 4. The normalized spacial score (nSPS) is 23.9. The Morgan fingerprint density at radius 1 is 1.40 bits per heavy atom. The van der Waals surface area contributed by atoms with E-state index in [1.165, 1.54) is 11.8 Å². The van der Waals surface area contributed by atoms with Gasteiger partial charge in [0.25, 0.3) is 11.8 Å². The van der Waals surface area contributed by atoms with Gasteiger partial charge >= 0.3 is 5.97 Å². The van der Waals surface area contributed by atoms with Crippen molar-refractivity contribution in [1.29, 1.82) is 0 Å². The number of allylic oxidation sites excluding steroid dienone is 1. The minimum atomic E-state index is -1.59. The molecular formula is C19H22N8O6S2. The van der Waals surface area contributed by atoms with Crippen LogP contribution in [0.3, 0.4) is 0 Å². The number of thioether (sulfide) groups is 1. The van der Waals surface area contributed by atoms with Gasteiger partial charge in [0, 0.05) is 42.5 Å². The van der Waals surface area contributed by atoms with Crippen molar-refractivity contribution >= 4 is 52.1 Å². The fraction of sp³-hybridized carbons (Fsp3) is 0.474. The number of carbonyl (C=O) groups excluding carboxylic acids is 3. The Labute approximate surface area is 207 Å². The molecule has 0 spiro atoms. The van der Waals surface area contributed by atoms with E-state index in [4.69, 9.17) is 5.73 Å². The number of likely N-dealkylation sites (N-methyl/N-ethyl adjacent to an activating group) is 1. The summed E-state index contributed by atoms with van der Waals surface area (Å²) in [5, 5.41) is 17.4. The summed E-state index contributed by atoms with van der Waals surface area (Å²) in [6.07, 6.45) is 2.03. The molecule has 35 heavy (non-hydrogen) atoms. The second-order valence-corrected chi connectivity index (χ2v) is 9.78. The lowest BCUT2D eigenvalue weighted by atomic mass is 10.0. The molecular weight excluding hydrogens is 500 g/mol. The largest absolute Gasteiger partial charge is 0.477 e. The molecule has 0 aliphatic carbocycles. The Balaban J connectivity index is 1.50. The number of likely N-dealkylation sites (tertiary alicyclic amines) is 1. The van der Waals surface area contributed by atoms with E-state index in [9.17, 15) is 29.2 Å². The van der Waals surface area contributed by atoms with E-state index in [0.29, 0.717) is 37.2 Å². The standard InChI is InChI=1S/C19H22N8O6S2/c1-21-3-5-26-4-2-8(15(26)29)6-9-7-34-17-11(16(30)27(17)12(9)18(31)32)22-14(28)10(24-33)13-23-19(20)35-25-13/h6,10-11,17,21H,2-5,7H2,1H3,(H,22,28)(H,31,32)(H2,20,23,25). The van der Waals surface area contributed by atoms with Crippen LogP contribution >= 0.6 is 23.3 Å². The number of amides is 3. The van der Waals surface area contributed by atoms with Gasteiger partial charge in [-0.2, -0.15) is 4.37 Å². The number of nitrogens with one attached hydrogen (secondary N) is 2. The van der Waals surface area contributed by atoms with E-state index in [1.54, 1.807) is 18.0 Å². The molecule has 3 unspecified atom stereocenters. The first-order valence-corrected chi connectivity index (χ1v) is 12.4. The molecule has 0 radical (unpaired) electrons. The van der Waals surface area contributed by atoms with Gasteiger partial charge in [-0.3, -0.25) is 19.3 Å². The Bertz CT molecular complexity index is 1150. The predicted octanol–water partition coefficient (Wildman–Crippen LogP) is -0.955. The Kier molecular flexibility index (Phi) is 7.13. The van der Waals surface area contributed by atoms with Crippen LogP contribution in [0, 0.1) is 4.91 Å². The minimum Gasteiger partial charge on any atom is -0.477 e. The number of nitroso groups, excluding NO2 is 1. The molecule has 0 bridgehead atoms. The van der Waals surface area contributed by atoms with Crippen LogP contribution in [-0.4, -0.2) is 91.8 Å². The van der Waals surface area contributed by atoms with Gasteiger partial charge in [0.05, 0.1) is 0 Å². The zero-order valence-corrected chi connectivity index (χ0v) is 20.1. The third kappa shape index (κ3) is 4.63. The molecule has 1 aromatic heterocycles. The van der Waals surface area contributed by atoms with Crippen molar-refractivity contribution in [2.75, 3.05) is 38.2 Å². The molecule has 5 N–H and O–H groups in total. The maximum Gasteiger partial charge on any atom is 0.352 e. The van der Waals surface area contributed by atoms with E-state index >= 15 is 0 Å². The molecule has 3 aliphatic rings. The van der Waals surface area contributed by atoms with Gasteiger partial charge in [0.2, 0.25) is 11.9 Å². The van der Waals surface area contributed by atoms with Crippen molar-refractivity contribution < 1.29 is 24.3 Å². The lowest BCUT2D eigenvalue weighted by Gasteiger charge is -2.49. The zero-order chi connectivity index (χ0) is 25.3. The molecule has 14 nitrogen and oxygen atoms in total. The number of fused-ring (bicyclic) bond motifs is 1. The average molecular weight is 523 g/mol. The smallest absolute Gasteiger partial charge is 0.352 e. The molecule has 2 saturated heterocycles. The molecule has 4 heterocycles. The highest BCUT2D eigenvalue weighted by atomic mass is 32.2. The van der Waals surface area contributed by atoms with E-state index in [2.05, 4.69) is 25.2 Å². The topological polar surface area (TPSA) is 200 Å². The molecule has 3 aliphatic heterocycles. The zero-order valence-electron chi connectivity index (χ0n) is 18.5. The predicted molar refractivity (Wildman–Crippen MR) is 126 cm³/mol. The quantitative estimate of drug-likeness (QED) is 0.177. The number of nitrogens with two attached hydrogens (primary N) is 1. The maximum absolute atomic E-state index is 12.9. The van der Waals surface area contributed by atoms with Crippen molar-refractivity contribution in [1.82, 2.24) is 29.8 Å². The first-order chi connectivity index (χ1) is 16.8. The number of hydrogen-bond acceptors (Lipinski definition) is 12. The highest BCUT2D eigenvalue weighted by molar-refractivity contribution is 8.00. The van der Waals surface area contributed by atoms with Crippen LogP contribution < -0.4 is 16.4 Å². The van der Waals surface area contributed by atoms with Crippen LogP contribution in [0.2, 0.25) is 0 Å². The molecule has 16 heteroatoms. The molecule has 2 fully saturated rings. The molecule has 0 aromatic carbocycles. The van der Waals surface area contributed by atoms with Crippen molar-refractivity contribution in [3.63, 3.8) is 0 Å². The van der Waals surface area contributed by atoms with Crippen LogP contribution in [0.4, 0.5) is 5.13 Å². The van der Waals surface area contributed by atoms with Crippen LogP contribution in [-0.2, 0) is 19.2 Å². The summed E-state index contributed by atoms with van der Waals surface area (Å²) in [6.45, 7) is 1.72. The van der Waals surface area contributed by atoms with Gasteiger partial charge in [0.1, 0.15) is 17.1 Å². The minimum absolute atomic E-state index is 0.0546. The molecule has 4 rings (SSSR count).